The summed E-state index contributed by atoms with van der Waals surface area (Å²) in [6, 6.07) is 7.51. The fourth-order valence-electron chi connectivity index (χ4n) is 2.24. The van der Waals surface area contributed by atoms with Gasteiger partial charge < -0.3 is 9.88 Å². The molecule has 0 aliphatic heterocycles. The Hall–Kier alpha value is -2.06. The Morgan fingerprint density at radius 2 is 2.19 bits per heavy atom. The van der Waals surface area contributed by atoms with Crippen molar-refractivity contribution in [3.63, 3.8) is 0 Å². The van der Waals surface area contributed by atoms with Crippen LogP contribution in [0.2, 0.25) is 0 Å². The molecule has 1 amide bonds. The molecule has 0 saturated carbocycles. The molecule has 0 saturated heterocycles. The monoisotopic (exact) mass is 304 g/mol. The molecular weight excluding hydrogens is 288 g/mol. The van der Waals surface area contributed by atoms with E-state index in [0.29, 0.717) is 16.9 Å². The van der Waals surface area contributed by atoms with E-state index in [-0.39, 0.29) is 23.9 Å². The van der Waals surface area contributed by atoms with E-state index in [1.54, 1.807) is 23.6 Å². The number of alkyl halides is 1. The van der Waals surface area contributed by atoms with Crippen molar-refractivity contribution in [2.24, 2.45) is 0 Å². The summed E-state index contributed by atoms with van der Waals surface area (Å²) >= 11 is 6.17. The molecule has 2 rings (SSSR count). The van der Waals surface area contributed by atoms with E-state index < -0.39 is 0 Å². The summed E-state index contributed by atoms with van der Waals surface area (Å²) in [5.41, 5.74) is 1.81. The Kier molecular flexibility index (Phi) is 4.49. The second kappa shape index (κ2) is 6.15. The number of fused-ring (bicyclic) bond motifs is 1. The molecule has 1 atom stereocenters. The third kappa shape index (κ3) is 3.17. The van der Waals surface area contributed by atoms with Crippen LogP contribution >= 0.6 is 11.6 Å². The lowest BCUT2D eigenvalue weighted by Crippen LogP contribution is -2.33. The van der Waals surface area contributed by atoms with Crippen LogP contribution in [0.4, 0.5) is 0 Å². The third-order valence-electron chi connectivity index (χ3n) is 3.04. The number of aromatic nitrogens is 2. The van der Waals surface area contributed by atoms with Gasteiger partial charge in [0.05, 0.1) is 16.5 Å². The van der Waals surface area contributed by atoms with Crippen LogP contribution in [0.5, 0.6) is 0 Å². The van der Waals surface area contributed by atoms with Gasteiger partial charge in [-0.05, 0) is 32.9 Å². The number of carbonyl (C=O) groups is 1. The minimum Gasteiger partial charge on any atom is -0.352 e. The number of benzene rings is 1. The molecule has 1 N–H and O–H groups in total. The van der Waals surface area contributed by atoms with Gasteiger partial charge in [0.1, 0.15) is 24.0 Å². The van der Waals surface area contributed by atoms with E-state index in [4.69, 9.17) is 16.9 Å². The lowest BCUT2D eigenvalue weighted by atomic mass is 10.2. The Balaban J connectivity index is 2.53. The minimum absolute atomic E-state index is 0.0684. The summed E-state index contributed by atoms with van der Waals surface area (Å²) in [5, 5.41) is 11.7. The number of rotatable bonds is 4. The van der Waals surface area contributed by atoms with E-state index in [1.807, 2.05) is 19.9 Å². The lowest BCUT2D eigenvalue weighted by Gasteiger charge is -2.12. The van der Waals surface area contributed by atoms with Crippen molar-refractivity contribution in [1.82, 2.24) is 14.9 Å². The molecule has 0 radical (unpaired) electrons. The van der Waals surface area contributed by atoms with Crippen molar-refractivity contribution in [2.45, 2.75) is 38.7 Å². The average molecular weight is 305 g/mol. The van der Waals surface area contributed by atoms with Gasteiger partial charge in [0.15, 0.2) is 0 Å². The first-order valence-corrected chi connectivity index (χ1v) is 7.20. The standard InChI is InChI=1S/C15H17ClN4O/c1-9(2)18-13(21)8-20-12-6-4-5-11(7-17)14(12)19-15(20)10(3)16/h4-6,9-10H,8H2,1-3H3,(H,18,21). The van der Waals surface area contributed by atoms with Gasteiger partial charge in [-0.2, -0.15) is 5.26 Å². The number of imidazole rings is 1. The number of hydrogen-bond acceptors (Lipinski definition) is 3. The number of para-hydroxylation sites is 1. The van der Waals surface area contributed by atoms with Gasteiger partial charge in [-0.3, -0.25) is 4.79 Å². The fourth-order valence-corrected chi connectivity index (χ4v) is 2.40. The lowest BCUT2D eigenvalue weighted by molar-refractivity contribution is -0.122. The largest absolute Gasteiger partial charge is 0.352 e. The summed E-state index contributed by atoms with van der Waals surface area (Å²) in [6.45, 7) is 5.74. The van der Waals surface area contributed by atoms with Crippen molar-refractivity contribution < 1.29 is 4.79 Å². The second-order valence-corrected chi connectivity index (χ2v) is 5.83. The molecule has 0 spiro atoms. The number of carbonyl (C=O) groups excluding carboxylic acids is 1. The highest BCUT2D eigenvalue weighted by Gasteiger charge is 2.19. The van der Waals surface area contributed by atoms with Crippen LogP contribution in [0, 0.1) is 11.3 Å². The maximum atomic E-state index is 12.0. The van der Waals surface area contributed by atoms with E-state index in [2.05, 4.69) is 16.4 Å². The summed E-state index contributed by atoms with van der Waals surface area (Å²) < 4.78 is 1.77. The molecule has 0 aliphatic carbocycles. The topological polar surface area (TPSA) is 70.7 Å². The highest BCUT2D eigenvalue weighted by atomic mass is 35.5. The van der Waals surface area contributed by atoms with Gasteiger partial charge in [-0.1, -0.05) is 6.07 Å². The zero-order valence-electron chi connectivity index (χ0n) is 12.2. The highest BCUT2D eigenvalue weighted by molar-refractivity contribution is 6.20. The zero-order valence-corrected chi connectivity index (χ0v) is 13.0. The molecule has 0 aliphatic rings. The molecule has 1 aromatic carbocycles. The SMILES string of the molecule is CC(C)NC(=O)Cn1c(C(C)Cl)nc2c(C#N)cccc21. The number of hydrogen-bond donors (Lipinski definition) is 1. The van der Waals surface area contributed by atoms with Gasteiger partial charge in [0.2, 0.25) is 5.91 Å². The van der Waals surface area contributed by atoms with Crippen LogP contribution in [0.15, 0.2) is 18.2 Å². The molecule has 0 fully saturated rings. The van der Waals surface area contributed by atoms with Crippen molar-refractivity contribution in [3.05, 3.63) is 29.6 Å². The number of nitriles is 1. The third-order valence-corrected chi connectivity index (χ3v) is 3.23. The quantitative estimate of drug-likeness (QED) is 0.883. The molecule has 1 heterocycles. The number of halogens is 1. The molecule has 5 nitrogen and oxygen atoms in total. The van der Waals surface area contributed by atoms with Gasteiger partial charge in [-0.25, -0.2) is 4.98 Å². The predicted octanol–water partition coefficient (Wildman–Crippen LogP) is 2.73. The van der Waals surface area contributed by atoms with Crippen molar-refractivity contribution in [2.75, 3.05) is 0 Å². The predicted molar refractivity (Wildman–Crippen MR) is 82.0 cm³/mol. The molecule has 110 valence electrons. The second-order valence-electron chi connectivity index (χ2n) is 5.18. The molecule has 1 unspecified atom stereocenters. The Morgan fingerprint density at radius 3 is 2.76 bits per heavy atom. The molecule has 21 heavy (non-hydrogen) atoms. The summed E-state index contributed by atoms with van der Waals surface area (Å²) in [4.78, 5) is 16.5. The number of nitrogens with one attached hydrogen (secondary N) is 1. The summed E-state index contributed by atoms with van der Waals surface area (Å²) in [5.74, 6) is 0.485. The first kappa shape index (κ1) is 15.3. The van der Waals surface area contributed by atoms with Gasteiger partial charge >= 0.3 is 0 Å². The number of amides is 1. The van der Waals surface area contributed by atoms with E-state index in [0.717, 1.165) is 5.52 Å². The molecule has 6 heteroatoms. The first-order chi connectivity index (χ1) is 9.93. The van der Waals surface area contributed by atoms with Crippen LogP contribution in [-0.4, -0.2) is 21.5 Å². The highest BCUT2D eigenvalue weighted by Crippen LogP contribution is 2.26. The van der Waals surface area contributed by atoms with Crippen LogP contribution in [0.1, 0.15) is 37.5 Å². The van der Waals surface area contributed by atoms with Gasteiger partial charge in [-0.15, -0.1) is 11.6 Å². The Morgan fingerprint density at radius 1 is 1.48 bits per heavy atom. The molecular formula is C15H17ClN4O. The van der Waals surface area contributed by atoms with Crippen LogP contribution in [-0.2, 0) is 11.3 Å². The minimum atomic E-state index is -0.351. The molecule has 1 aromatic heterocycles. The van der Waals surface area contributed by atoms with Crippen molar-refractivity contribution in [3.8, 4) is 6.07 Å². The average Bonchev–Trinajstić information content (AvgIpc) is 2.76. The maximum Gasteiger partial charge on any atom is 0.240 e. The normalized spacial score (nSPS) is 12.4. The van der Waals surface area contributed by atoms with Crippen molar-refractivity contribution >= 4 is 28.5 Å². The summed E-state index contributed by atoms with van der Waals surface area (Å²) in [6.07, 6.45) is 0. The van der Waals surface area contributed by atoms with Crippen LogP contribution in [0.25, 0.3) is 11.0 Å². The molecule has 2 aromatic rings. The smallest absolute Gasteiger partial charge is 0.240 e. The number of nitrogens with zero attached hydrogens (tertiary/aromatic N) is 3. The van der Waals surface area contributed by atoms with E-state index in [9.17, 15) is 4.79 Å². The van der Waals surface area contributed by atoms with Crippen LogP contribution in [0.3, 0.4) is 0 Å². The van der Waals surface area contributed by atoms with Gasteiger partial charge in [0, 0.05) is 6.04 Å². The maximum absolute atomic E-state index is 12.0. The summed E-state index contributed by atoms with van der Waals surface area (Å²) in [7, 11) is 0. The zero-order chi connectivity index (χ0) is 15.6. The van der Waals surface area contributed by atoms with E-state index >= 15 is 0 Å². The van der Waals surface area contributed by atoms with E-state index in [1.165, 1.54) is 0 Å². The van der Waals surface area contributed by atoms with Crippen LogP contribution < -0.4 is 5.32 Å². The Labute approximate surface area is 128 Å². The molecule has 0 bridgehead atoms. The first-order valence-electron chi connectivity index (χ1n) is 6.76. The van der Waals surface area contributed by atoms with Gasteiger partial charge in [0.25, 0.3) is 0 Å². The Bertz CT molecular complexity index is 712. The fraction of sp³-hybridized carbons (Fsp3) is 0.400. The van der Waals surface area contributed by atoms with Crippen molar-refractivity contribution in [1.29, 1.82) is 5.26 Å².